The summed E-state index contributed by atoms with van der Waals surface area (Å²) in [5, 5.41) is 7.17. The van der Waals surface area contributed by atoms with Crippen molar-refractivity contribution in [2.45, 2.75) is 39.2 Å². The Kier molecular flexibility index (Phi) is 6.02. The minimum atomic E-state index is -0.0845. The molecule has 29 heavy (non-hydrogen) atoms. The molecule has 1 fully saturated rings. The zero-order chi connectivity index (χ0) is 20.4. The Morgan fingerprint density at radius 3 is 2.52 bits per heavy atom. The van der Waals surface area contributed by atoms with E-state index >= 15 is 0 Å². The fraction of sp³-hybridized carbons (Fsp3) is 0.417. The van der Waals surface area contributed by atoms with Crippen LogP contribution in [-0.4, -0.2) is 41.2 Å². The number of benzene rings is 2. The summed E-state index contributed by atoms with van der Waals surface area (Å²) in [5.74, 6) is 0.813. The van der Waals surface area contributed by atoms with E-state index in [1.165, 1.54) is 5.56 Å². The number of halogens is 1. The first-order valence-electron chi connectivity index (χ1n) is 10.4. The molecule has 1 atom stereocenters. The van der Waals surface area contributed by atoms with E-state index in [0.29, 0.717) is 18.0 Å². The van der Waals surface area contributed by atoms with Crippen LogP contribution in [-0.2, 0) is 4.79 Å². The van der Waals surface area contributed by atoms with E-state index in [4.69, 9.17) is 16.7 Å². The molecule has 4 rings (SSSR count). The summed E-state index contributed by atoms with van der Waals surface area (Å²) in [5.41, 5.74) is 4.12. The Balaban J connectivity index is 1.61. The number of piperidine rings is 1. The predicted octanol–water partition coefficient (Wildman–Crippen LogP) is 5.06. The van der Waals surface area contributed by atoms with Crippen LogP contribution >= 0.6 is 11.6 Å². The molecule has 0 N–H and O–H groups in total. The third-order valence-electron chi connectivity index (χ3n) is 6.13. The summed E-state index contributed by atoms with van der Waals surface area (Å²) in [6.07, 6.45) is 2.99. The van der Waals surface area contributed by atoms with Crippen molar-refractivity contribution in [2.75, 3.05) is 19.6 Å². The minimum Gasteiger partial charge on any atom is -0.294 e. The summed E-state index contributed by atoms with van der Waals surface area (Å²) in [6.45, 7) is 6.77. The molecular weight excluding hydrogens is 382 g/mol. The van der Waals surface area contributed by atoms with Gasteiger partial charge in [-0.25, -0.2) is 5.01 Å². The SMILES string of the molecule is Cc1ccccc1[C@H]1CC(c2ccccc2Cl)=NN1C(=O)CN1CCC(C)CC1. The molecule has 5 heteroatoms. The predicted molar refractivity (Wildman–Crippen MR) is 118 cm³/mol. The lowest BCUT2D eigenvalue weighted by Gasteiger charge is -2.31. The molecule has 2 aliphatic heterocycles. The Morgan fingerprint density at radius 1 is 1.10 bits per heavy atom. The van der Waals surface area contributed by atoms with Crippen LogP contribution in [0.25, 0.3) is 0 Å². The van der Waals surface area contributed by atoms with Gasteiger partial charge >= 0.3 is 0 Å². The van der Waals surface area contributed by atoms with Gasteiger partial charge in [0.2, 0.25) is 0 Å². The molecule has 0 radical (unpaired) electrons. The number of aryl methyl sites for hydroxylation is 1. The van der Waals surface area contributed by atoms with Crippen molar-refractivity contribution >= 4 is 23.2 Å². The van der Waals surface area contributed by atoms with Crippen LogP contribution in [0.4, 0.5) is 0 Å². The number of hydrogen-bond donors (Lipinski definition) is 0. The maximum absolute atomic E-state index is 13.3. The summed E-state index contributed by atoms with van der Waals surface area (Å²) >= 11 is 6.43. The first-order valence-corrected chi connectivity index (χ1v) is 10.8. The molecular formula is C24H28ClN3O. The van der Waals surface area contributed by atoms with Gasteiger partial charge in [0.15, 0.2) is 0 Å². The van der Waals surface area contributed by atoms with Crippen LogP contribution in [0.3, 0.4) is 0 Å². The van der Waals surface area contributed by atoms with E-state index in [2.05, 4.69) is 30.9 Å². The molecule has 0 unspecified atom stereocenters. The first kappa shape index (κ1) is 20.1. The number of carbonyl (C=O) groups excluding carboxylic acids is 1. The maximum atomic E-state index is 13.3. The van der Waals surface area contributed by atoms with Gasteiger partial charge in [-0.15, -0.1) is 0 Å². The zero-order valence-corrected chi connectivity index (χ0v) is 17.9. The van der Waals surface area contributed by atoms with Gasteiger partial charge in [-0.1, -0.05) is 61.0 Å². The fourth-order valence-corrected chi connectivity index (χ4v) is 4.53. The highest BCUT2D eigenvalue weighted by molar-refractivity contribution is 6.34. The second-order valence-corrected chi connectivity index (χ2v) is 8.71. The zero-order valence-electron chi connectivity index (χ0n) is 17.1. The number of rotatable bonds is 4. The van der Waals surface area contributed by atoms with Gasteiger partial charge in [0.1, 0.15) is 0 Å². The molecule has 0 aliphatic carbocycles. The molecule has 2 aromatic rings. The van der Waals surface area contributed by atoms with E-state index in [1.54, 1.807) is 5.01 Å². The summed E-state index contributed by atoms with van der Waals surface area (Å²) in [4.78, 5) is 15.6. The molecule has 1 saturated heterocycles. The molecule has 0 aromatic heterocycles. The van der Waals surface area contributed by atoms with Crippen LogP contribution < -0.4 is 0 Å². The summed E-state index contributed by atoms with van der Waals surface area (Å²) < 4.78 is 0. The lowest BCUT2D eigenvalue weighted by Crippen LogP contribution is -2.41. The monoisotopic (exact) mass is 409 g/mol. The topological polar surface area (TPSA) is 35.9 Å². The molecule has 2 aromatic carbocycles. The van der Waals surface area contributed by atoms with Gasteiger partial charge in [0, 0.05) is 17.0 Å². The molecule has 0 spiro atoms. The Morgan fingerprint density at radius 2 is 1.79 bits per heavy atom. The minimum absolute atomic E-state index is 0.0647. The average molecular weight is 410 g/mol. The number of nitrogens with zero attached hydrogens (tertiary/aromatic N) is 3. The number of hydrazone groups is 1. The van der Waals surface area contributed by atoms with Gasteiger partial charge in [-0.05, 0) is 56.0 Å². The summed E-state index contributed by atoms with van der Waals surface area (Å²) in [7, 11) is 0. The molecule has 0 bridgehead atoms. The van der Waals surface area contributed by atoms with Gasteiger partial charge < -0.3 is 0 Å². The van der Waals surface area contributed by atoms with Crippen molar-refractivity contribution in [3.8, 4) is 0 Å². The second kappa shape index (κ2) is 8.68. The molecule has 4 nitrogen and oxygen atoms in total. The van der Waals surface area contributed by atoms with Gasteiger partial charge in [-0.3, -0.25) is 9.69 Å². The third kappa shape index (κ3) is 4.39. The third-order valence-corrected chi connectivity index (χ3v) is 6.46. The van der Waals surface area contributed by atoms with Crippen LogP contribution in [0.5, 0.6) is 0 Å². The Hall–Kier alpha value is -2.17. The van der Waals surface area contributed by atoms with E-state index < -0.39 is 0 Å². The largest absolute Gasteiger partial charge is 0.294 e. The maximum Gasteiger partial charge on any atom is 0.257 e. The highest BCUT2D eigenvalue weighted by Gasteiger charge is 2.35. The second-order valence-electron chi connectivity index (χ2n) is 8.30. The van der Waals surface area contributed by atoms with Crippen molar-refractivity contribution in [1.82, 2.24) is 9.91 Å². The first-order chi connectivity index (χ1) is 14.0. The van der Waals surface area contributed by atoms with Crippen molar-refractivity contribution in [3.63, 3.8) is 0 Å². The van der Waals surface area contributed by atoms with Gasteiger partial charge in [0.05, 0.1) is 18.3 Å². The average Bonchev–Trinajstić information content (AvgIpc) is 3.15. The van der Waals surface area contributed by atoms with Gasteiger partial charge in [-0.2, -0.15) is 5.10 Å². The highest BCUT2D eigenvalue weighted by atomic mass is 35.5. The van der Waals surface area contributed by atoms with Crippen molar-refractivity contribution in [2.24, 2.45) is 11.0 Å². The molecule has 0 saturated carbocycles. The van der Waals surface area contributed by atoms with Crippen molar-refractivity contribution < 1.29 is 4.79 Å². The molecule has 152 valence electrons. The van der Waals surface area contributed by atoms with Crippen molar-refractivity contribution in [1.29, 1.82) is 0 Å². The standard InChI is InChI=1S/C24H28ClN3O/c1-17-11-13-27(14-12-17)16-24(29)28-23(19-8-4-3-7-18(19)2)15-22(26-28)20-9-5-6-10-21(20)25/h3-10,17,23H,11-16H2,1-2H3/t23-/m1/s1. The number of carbonyl (C=O) groups is 1. The lowest BCUT2D eigenvalue weighted by molar-refractivity contribution is -0.134. The highest BCUT2D eigenvalue weighted by Crippen LogP contribution is 2.36. The lowest BCUT2D eigenvalue weighted by atomic mass is 9.95. The van der Waals surface area contributed by atoms with Gasteiger partial charge in [0.25, 0.3) is 5.91 Å². The number of amides is 1. The molecule has 1 amide bonds. The number of hydrogen-bond acceptors (Lipinski definition) is 3. The summed E-state index contributed by atoms with van der Waals surface area (Å²) in [6, 6.07) is 15.9. The quantitative estimate of drug-likeness (QED) is 0.707. The van der Waals surface area contributed by atoms with E-state index in [-0.39, 0.29) is 11.9 Å². The van der Waals surface area contributed by atoms with Crippen molar-refractivity contribution in [3.05, 3.63) is 70.2 Å². The van der Waals surface area contributed by atoms with E-state index in [0.717, 1.165) is 48.7 Å². The molecule has 2 heterocycles. The normalized spacial score (nSPS) is 20.7. The van der Waals surface area contributed by atoms with E-state index in [1.807, 2.05) is 36.4 Å². The van der Waals surface area contributed by atoms with Crippen LogP contribution in [0.2, 0.25) is 5.02 Å². The fourth-order valence-electron chi connectivity index (χ4n) is 4.29. The van der Waals surface area contributed by atoms with Crippen LogP contribution in [0.1, 0.15) is 48.9 Å². The Bertz CT molecular complexity index is 918. The smallest absolute Gasteiger partial charge is 0.257 e. The van der Waals surface area contributed by atoms with Crippen LogP contribution in [0.15, 0.2) is 53.6 Å². The number of likely N-dealkylation sites (tertiary alicyclic amines) is 1. The van der Waals surface area contributed by atoms with E-state index in [9.17, 15) is 4.79 Å². The molecule has 2 aliphatic rings. The Labute approximate surface area is 178 Å². The van der Waals surface area contributed by atoms with Crippen LogP contribution in [0, 0.1) is 12.8 Å².